The molecular formula is C21H27ClFN5O5S2. The maximum Gasteiger partial charge on any atom is 0.332 e. The summed E-state index contributed by atoms with van der Waals surface area (Å²) in [6, 6.07) is 11.2. The molecule has 0 radical (unpaired) electrons. The molecule has 0 atom stereocenters. The van der Waals surface area contributed by atoms with Crippen molar-refractivity contribution in [2.75, 3.05) is 10.7 Å². The van der Waals surface area contributed by atoms with Gasteiger partial charge in [0.15, 0.2) is 0 Å². The zero-order chi connectivity index (χ0) is 26.6. The van der Waals surface area contributed by atoms with Crippen molar-refractivity contribution < 1.29 is 25.3 Å². The lowest BCUT2D eigenvalue weighted by molar-refractivity contribution is 0.484. The van der Waals surface area contributed by atoms with E-state index in [1.165, 1.54) is 19.1 Å². The third kappa shape index (κ3) is 8.16. The number of aliphatic imine (C=N–C) groups is 2. The average Bonchev–Trinajstić information content (AvgIpc) is 2.71. The van der Waals surface area contributed by atoms with Gasteiger partial charge in [0.05, 0.1) is 10.6 Å². The Bertz CT molecular complexity index is 1340. The predicted molar refractivity (Wildman–Crippen MR) is 135 cm³/mol. The van der Waals surface area contributed by atoms with Gasteiger partial charge in [0.25, 0.3) is 10.1 Å². The summed E-state index contributed by atoms with van der Waals surface area (Å²) >= 11 is 6.47. The number of aryl methyl sites for hydroxylation is 2. The summed E-state index contributed by atoms with van der Waals surface area (Å²) in [5.41, 5.74) is 13.5. The monoisotopic (exact) mass is 547 g/mol. The second-order valence-corrected chi connectivity index (χ2v) is 11.5. The standard InChI is InChI=1S/C19H21ClFN5O2S.C2H6O3S/c1-19(2)25-17(22)24-18(23)26(19)14-8-7-13(16(20)11-14)6-3-12-4-9-15(10-5-12)29(21,27)28;1-2-6(3,4)5/h4-5,7-11H,3,6H2,1-2H3,(H4,22,23,24,25);2H2,1H3,(H,3,4,5). The van der Waals surface area contributed by atoms with E-state index >= 15 is 0 Å². The van der Waals surface area contributed by atoms with Crippen LogP contribution in [0, 0.1) is 0 Å². The van der Waals surface area contributed by atoms with Crippen molar-refractivity contribution in [3.05, 3.63) is 58.6 Å². The Labute approximate surface area is 209 Å². The summed E-state index contributed by atoms with van der Waals surface area (Å²) < 4.78 is 61.7. The normalized spacial score (nSPS) is 15.5. The van der Waals surface area contributed by atoms with Crippen molar-refractivity contribution in [1.29, 1.82) is 0 Å². The molecule has 1 aliphatic heterocycles. The van der Waals surface area contributed by atoms with Gasteiger partial charge in [-0.15, -0.1) is 3.89 Å². The molecule has 5 N–H and O–H groups in total. The topological polar surface area (TPSA) is 169 Å². The number of guanidine groups is 2. The minimum absolute atomic E-state index is 0.123. The van der Waals surface area contributed by atoms with Gasteiger partial charge in [-0.3, -0.25) is 9.45 Å². The fourth-order valence-electron chi connectivity index (χ4n) is 3.23. The van der Waals surface area contributed by atoms with Crippen LogP contribution in [0.15, 0.2) is 57.3 Å². The van der Waals surface area contributed by atoms with Crippen LogP contribution in [-0.2, 0) is 33.2 Å². The van der Waals surface area contributed by atoms with E-state index < -0.39 is 26.0 Å². The maximum atomic E-state index is 13.0. The van der Waals surface area contributed by atoms with E-state index in [2.05, 4.69) is 9.98 Å². The van der Waals surface area contributed by atoms with Gasteiger partial charge in [-0.2, -0.15) is 21.8 Å². The molecule has 10 nitrogen and oxygen atoms in total. The van der Waals surface area contributed by atoms with E-state index in [1.54, 1.807) is 23.1 Å². The van der Waals surface area contributed by atoms with Crippen molar-refractivity contribution in [1.82, 2.24) is 0 Å². The molecule has 0 saturated carbocycles. The highest BCUT2D eigenvalue weighted by atomic mass is 35.5. The lowest BCUT2D eigenvalue weighted by atomic mass is 10.0. The molecule has 0 unspecified atom stereocenters. The van der Waals surface area contributed by atoms with Crippen molar-refractivity contribution in [3.63, 3.8) is 0 Å². The highest BCUT2D eigenvalue weighted by Gasteiger charge is 2.33. The lowest BCUT2D eigenvalue weighted by Gasteiger charge is -2.38. The Morgan fingerprint density at radius 1 is 1.06 bits per heavy atom. The SMILES string of the molecule is CC1(C)N=C(N)N=C(N)N1c1ccc(CCc2ccc(S(=O)(=O)F)cc2)c(Cl)c1.CCS(=O)(=O)O. The lowest BCUT2D eigenvalue weighted by Crippen LogP contribution is -2.54. The van der Waals surface area contributed by atoms with Crippen LogP contribution in [0.5, 0.6) is 0 Å². The quantitative estimate of drug-likeness (QED) is 0.366. The first-order valence-corrected chi connectivity index (χ1v) is 13.7. The van der Waals surface area contributed by atoms with Gasteiger partial charge >= 0.3 is 10.2 Å². The maximum absolute atomic E-state index is 13.0. The van der Waals surface area contributed by atoms with Crippen LogP contribution in [0.1, 0.15) is 31.9 Å². The molecule has 0 bridgehead atoms. The molecule has 2 aromatic rings. The van der Waals surface area contributed by atoms with Crippen molar-refractivity contribution in [3.8, 4) is 0 Å². The summed E-state index contributed by atoms with van der Waals surface area (Å²) in [4.78, 5) is 9.73. The van der Waals surface area contributed by atoms with Crippen LogP contribution < -0.4 is 16.4 Å². The average molecular weight is 548 g/mol. The van der Waals surface area contributed by atoms with E-state index in [0.717, 1.165) is 16.8 Å². The smallest absolute Gasteiger partial charge is 0.332 e. The van der Waals surface area contributed by atoms with Crippen molar-refractivity contribution in [2.24, 2.45) is 21.5 Å². The highest BCUT2D eigenvalue weighted by molar-refractivity contribution is 7.86. The zero-order valence-corrected chi connectivity index (χ0v) is 21.7. The summed E-state index contributed by atoms with van der Waals surface area (Å²) in [5, 5.41) is 0.552. The highest BCUT2D eigenvalue weighted by Crippen LogP contribution is 2.31. The first-order chi connectivity index (χ1) is 16.0. The van der Waals surface area contributed by atoms with Crippen LogP contribution >= 0.6 is 11.6 Å². The largest absolute Gasteiger partial charge is 0.369 e. The minimum Gasteiger partial charge on any atom is -0.369 e. The summed E-state index contributed by atoms with van der Waals surface area (Å²) in [7, 11) is -8.35. The Morgan fingerprint density at radius 3 is 2.09 bits per heavy atom. The van der Waals surface area contributed by atoms with E-state index in [0.29, 0.717) is 17.9 Å². The number of nitrogens with zero attached hydrogens (tertiary/aromatic N) is 3. The Morgan fingerprint density at radius 2 is 1.63 bits per heavy atom. The molecule has 0 saturated heterocycles. The second kappa shape index (κ2) is 10.9. The Hall–Kier alpha value is -2.74. The molecule has 1 heterocycles. The number of halogens is 2. The molecule has 0 amide bonds. The molecule has 2 aromatic carbocycles. The van der Waals surface area contributed by atoms with Gasteiger partial charge < -0.3 is 11.5 Å². The zero-order valence-electron chi connectivity index (χ0n) is 19.3. The van der Waals surface area contributed by atoms with Gasteiger partial charge in [0, 0.05) is 10.7 Å². The molecule has 35 heavy (non-hydrogen) atoms. The number of anilines is 1. The van der Waals surface area contributed by atoms with Crippen LogP contribution in [0.2, 0.25) is 5.02 Å². The molecule has 0 aliphatic carbocycles. The van der Waals surface area contributed by atoms with Gasteiger partial charge in [-0.25, -0.2) is 4.99 Å². The fourth-order valence-corrected chi connectivity index (χ4v) is 3.96. The summed E-state index contributed by atoms with van der Waals surface area (Å²) in [6.45, 7) is 5.10. The van der Waals surface area contributed by atoms with E-state index in [9.17, 15) is 20.7 Å². The van der Waals surface area contributed by atoms with Crippen molar-refractivity contribution in [2.45, 2.75) is 44.2 Å². The first kappa shape index (κ1) is 28.5. The number of benzene rings is 2. The van der Waals surface area contributed by atoms with Crippen LogP contribution in [-0.4, -0.2) is 44.7 Å². The van der Waals surface area contributed by atoms with Gasteiger partial charge in [0.1, 0.15) is 5.66 Å². The molecule has 0 aromatic heterocycles. The van der Waals surface area contributed by atoms with E-state index in [4.69, 9.17) is 27.6 Å². The molecule has 3 rings (SSSR count). The van der Waals surface area contributed by atoms with E-state index in [1.807, 2.05) is 26.0 Å². The second-order valence-electron chi connectivity index (χ2n) is 8.00. The third-order valence-corrected chi connectivity index (χ3v) is 6.86. The fraction of sp³-hybridized carbons (Fsp3) is 0.333. The minimum atomic E-state index is -4.69. The molecular weight excluding hydrogens is 521 g/mol. The van der Waals surface area contributed by atoms with Gasteiger partial charge in [-0.05, 0) is 69.0 Å². The van der Waals surface area contributed by atoms with E-state index in [-0.39, 0.29) is 22.6 Å². The van der Waals surface area contributed by atoms with Crippen molar-refractivity contribution >= 4 is 49.5 Å². The Balaban J connectivity index is 0.000000641. The third-order valence-electron chi connectivity index (χ3n) is 4.94. The van der Waals surface area contributed by atoms with Gasteiger partial charge in [0.2, 0.25) is 11.9 Å². The first-order valence-electron chi connectivity index (χ1n) is 10.3. The molecule has 14 heteroatoms. The summed E-state index contributed by atoms with van der Waals surface area (Å²) in [6.07, 6.45) is 1.24. The van der Waals surface area contributed by atoms with Gasteiger partial charge in [-0.1, -0.05) is 29.8 Å². The summed E-state index contributed by atoms with van der Waals surface area (Å²) in [5.74, 6) is 0.153. The van der Waals surface area contributed by atoms with Crippen LogP contribution in [0.4, 0.5) is 9.57 Å². The molecule has 192 valence electrons. The molecule has 0 fully saturated rings. The number of hydrogen-bond acceptors (Lipinski definition) is 9. The number of rotatable bonds is 6. The molecule has 0 spiro atoms. The van der Waals surface area contributed by atoms with Crippen LogP contribution in [0.3, 0.4) is 0 Å². The van der Waals surface area contributed by atoms with Crippen LogP contribution in [0.25, 0.3) is 0 Å². The predicted octanol–water partition coefficient (Wildman–Crippen LogP) is 2.86. The number of nitrogens with two attached hydrogens (primary N) is 2. The molecule has 1 aliphatic rings. The Kier molecular flexibility index (Phi) is 8.87. The number of hydrogen-bond donors (Lipinski definition) is 3.